The van der Waals surface area contributed by atoms with Gasteiger partial charge in [0.2, 0.25) is 0 Å². The first-order valence-electron chi connectivity index (χ1n) is 5.84. The predicted octanol–water partition coefficient (Wildman–Crippen LogP) is 3.46. The van der Waals surface area contributed by atoms with Crippen LogP contribution in [0.25, 0.3) is 0 Å². The Labute approximate surface area is 102 Å². The van der Waals surface area contributed by atoms with E-state index < -0.39 is 0 Å². The molecule has 2 rings (SSSR count). The van der Waals surface area contributed by atoms with Crippen LogP contribution in [0, 0.1) is 6.92 Å². The molecular formula is C13H18N2S. The van der Waals surface area contributed by atoms with Crippen molar-refractivity contribution in [3.63, 3.8) is 0 Å². The number of hydrogen-bond acceptors (Lipinski definition) is 3. The molecule has 0 unspecified atom stereocenters. The molecule has 0 amide bonds. The zero-order chi connectivity index (χ0) is 11.4. The zero-order valence-electron chi connectivity index (χ0n) is 9.92. The zero-order valence-corrected chi connectivity index (χ0v) is 10.7. The molecule has 0 spiro atoms. The molecule has 1 aromatic rings. The molecule has 0 bridgehead atoms. The maximum Gasteiger partial charge on any atom is 0.161 e. The van der Waals surface area contributed by atoms with Crippen LogP contribution in [-0.2, 0) is 6.42 Å². The summed E-state index contributed by atoms with van der Waals surface area (Å²) in [5.74, 6) is 1.18. The van der Waals surface area contributed by atoms with E-state index in [0.717, 1.165) is 18.1 Å². The average molecular weight is 234 g/mol. The third-order valence-electron chi connectivity index (χ3n) is 2.77. The van der Waals surface area contributed by atoms with Crippen LogP contribution in [0.4, 0.5) is 5.69 Å². The fraction of sp³-hybridized carbons (Fsp3) is 0.462. The summed E-state index contributed by atoms with van der Waals surface area (Å²) in [6, 6.07) is 6.45. The number of thioether (sulfide) groups is 1. The van der Waals surface area contributed by atoms with E-state index in [0.29, 0.717) is 0 Å². The lowest BCUT2D eigenvalue weighted by Gasteiger charge is -2.17. The summed E-state index contributed by atoms with van der Waals surface area (Å²) in [6.45, 7) is 5.30. The van der Waals surface area contributed by atoms with Crippen LogP contribution < -0.4 is 5.32 Å². The normalized spacial score (nSPS) is 15.8. The van der Waals surface area contributed by atoms with Gasteiger partial charge in [-0.15, -0.1) is 0 Å². The standard InChI is InChI=1S/C13H18N2S/c1-3-11-7-4-6-10(2)12(11)15-13-14-8-5-9-16-13/h4,6-7H,3,5,8-9H2,1-2H3,(H,14,15). The molecule has 0 atom stereocenters. The average Bonchev–Trinajstić information content (AvgIpc) is 2.33. The van der Waals surface area contributed by atoms with Crippen molar-refractivity contribution in [2.75, 3.05) is 17.6 Å². The van der Waals surface area contributed by atoms with E-state index in [1.165, 1.54) is 29.0 Å². The van der Waals surface area contributed by atoms with Crippen molar-refractivity contribution in [1.29, 1.82) is 0 Å². The highest BCUT2D eigenvalue weighted by Crippen LogP contribution is 2.23. The van der Waals surface area contributed by atoms with Gasteiger partial charge in [-0.3, -0.25) is 4.99 Å². The number of anilines is 1. The summed E-state index contributed by atoms with van der Waals surface area (Å²) < 4.78 is 0. The molecule has 0 saturated heterocycles. The lowest BCUT2D eigenvalue weighted by Crippen LogP contribution is -2.15. The number of aliphatic imine (C=N–C) groups is 1. The molecule has 2 nitrogen and oxygen atoms in total. The number of amidine groups is 1. The van der Waals surface area contributed by atoms with Gasteiger partial charge in [-0.1, -0.05) is 36.9 Å². The number of hydrogen-bond donors (Lipinski definition) is 1. The van der Waals surface area contributed by atoms with Crippen LogP contribution in [0.1, 0.15) is 24.5 Å². The molecule has 0 aromatic heterocycles. The summed E-state index contributed by atoms with van der Waals surface area (Å²) in [5.41, 5.74) is 3.92. The molecule has 3 heteroatoms. The third-order valence-corrected chi connectivity index (χ3v) is 3.77. The van der Waals surface area contributed by atoms with Gasteiger partial charge in [-0.2, -0.15) is 0 Å². The number of benzene rings is 1. The van der Waals surface area contributed by atoms with Crippen LogP contribution in [0.2, 0.25) is 0 Å². The fourth-order valence-electron chi connectivity index (χ4n) is 1.84. The van der Waals surface area contributed by atoms with E-state index in [4.69, 9.17) is 0 Å². The maximum absolute atomic E-state index is 4.51. The molecular weight excluding hydrogens is 216 g/mol. The molecule has 1 aromatic carbocycles. The molecule has 1 heterocycles. The van der Waals surface area contributed by atoms with E-state index >= 15 is 0 Å². The van der Waals surface area contributed by atoms with Crippen LogP contribution in [0.3, 0.4) is 0 Å². The van der Waals surface area contributed by atoms with Gasteiger partial charge >= 0.3 is 0 Å². The fourth-order valence-corrected chi connectivity index (χ4v) is 2.67. The molecule has 0 saturated carbocycles. The predicted molar refractivity (Wildman–Crippen MR) is 73.6 cm³/mol. The summed E-state index contributed by atoms with van der Waals surface area (Å²) in [7, 11) is 0. The van der Waals surface area contributed by atoms with Crippen LogP contribution in [0.15, 0.2) is 23.2 Å². The van der Waals surface area contributed by atoms with E-state index in [1.54, 1.807) is 0 Å². The first kappa shape index (κ1) is 11.5. The third kappa shape index (κ3) is 2.59. The Balaban J connectivity index is 2.22. The number of rotatable bonds is 2. The highest BCUT2D eigenvalue weighted by molar-refractivity contribution is 8.14. The lowest BCUT2D eigenvalue weighted by molar-refractivity contribution is 0.938. The topological polar surface area (TPSA) is 24.4 Å². The van der Waals surface area contributed by atoms with E-state index in [9.17, 15) is 0 Å². The number of aryl methyl sites for hydroxylation is 2. The minimum Gasteiger partial charge on any atom is -0.335 e. The van der Waals surface area contributed by atoms with Gasteiger partial charge in [-0.25, -0.2) is 0 Å². The monoisotopic (exact) mass is 234 g/mol. The number of nitrogens with zero attached hydrogens (tertiary/aromatic N) is 1. The Morgan fingerprint density at radius 2 is 2.31 bits per heavy atom. The summed E-state index contributed by atoms with van der Waals surface area (Å²) in [4.78, 5) is 4.51. The Kier molecular flexibility index (Phi) is 3.88. The second kappa shape index (κ2) is 5.39. The molecule has 16 heavy (non-hydrogen) atoms. The molecule has 86 valence electrons. The van der Waals surface area contributed by atoms with Crippen molar-refractivity contribution in [1.82, 2.24) is 0 Å². The SMILES string of the molecule is CCc1cccc(C)c1NC1=NCCCS1. The highest BCUT2D eigenvalue weighted by Gasteiger charge is 2.09. The molecule has 1 aliphatic heterocycles. The van der Waals surface area contributed by atoms with Crippen molar-refractivity contribution >= 4 is 22.6 Å². The van der Waals surface area contributed by atoms with Crippen LogP contribution in [-0.4, -0.2) is 17.5 Å². The van der Waals surface area contributed by atoms with Gasteiger partial charge in [0.05, 0.1) is 0 Å². The molecule has 0 fully saturated rings. The van der Waals surface area contributed by atoms with Gasteiger partial charge in [-0.05, 0) is 30.9 Å². The first-order valence-corrected chi connectivity index (χ1v) is 6.82. The van der Waals surface area contributed by atoms with E-state index in [2.05, 4.69) is 42.4 Å². The van der Waals surface area contributed by atoms with Gasteiger partial charge < -0.3 is 5.32 Å². The largest absolute Gasteiger partial charge is 0.335 e. The Bertz CT molecular complexity index is 399. The summed E-state index contributed by atoms with van der Waals surface area (Å²) in [5, 5.41) is 4.56. The van der Waals surface area contributed by atoms with Gasteiger partial charge in [0.15, 0.2) is 5.17 Å². The first-order chi connectivity index (χ1) is 7.81. The maximum atomic E-state index is 4.51. The van der Waals surface area contributed by atoms with E-state index in [1.807, 2.05) is 11.8 Å². The second-order valence-corrected chi connectivity index (χ2v) is 5.06. The van der Waals surface area contributed by atoms with Gasteiger partial charge in [0.1, 0.15) is 0 Å². The molecule has 1 aliphatic rings. The Morgan fingerprint density at radius 3 is 3.00 bits per heavy atom. The molecule has 1 N–H and O–H groups in total. The molecule has 0 aliphatic carbocycles. The number of nitrogens with one attached hydrogen (secondary N) is 1. The Hall–Kier alpha value is -0.960. The van der Waals surface area contributed by atoms with Crippen molar-refractivity contribution in [2.24, 2.45) is 4.99 Å². The summed E-state index contributed by atoms with van der Waals surface area (Å²) >= 11 is 1.82. The molecule has 0 radical (unpaired) electrons. The highest BCUT2D eigenvalue weighted by atomic mass is 32.2. The van der Waals surface area contributed by atoms with Crippen molar-refractivity contribution in [3.8, 4) is 0 Å². The smallest absolute Gasteiger partial charge is 0.161 e. The van der Waals surface area contributed by atoms with Crippen LogP contribution >= 0.6 is 11.8 Å². The van der Waals surface area contributed by atoms with E-state index in [-0.39, 0.29) is 0 Å². The lowest BCUT2D eigenvalue weighted by atomic mass is 10.1. The van der Waals surface area contributed by atoms with Gasteiger partial charge in [0, 0.05) is 18.0 Å². The van der Waals surface area contributed by atoms with Gasteiger partial charge in [0.25, 0.3) is 0 Å². The second-order valence-electron chi connectivity index (χ2n) is 3.98. The minimum atomic E-state index is 0.961. The Morgan fingerprint density at radius 1 is 1.44 bits per heavy atom. The quantitative estimate of drug-likeness (QED) is 0.847. The van der Waals surface area contributed by atoms with Crippen LogP contribution in [0.5, 0.6) is 0 Å². The van der Waals surface area contributed by atoms with Crippen molar-refractivity contribution < 1.29 is 0 Å². The summed E-state index contributed by atoms with van der Waals surface area (Å²) in [6.07, 6.45) is 2.26. The van der Waals surface area contributed by atoms with Crippen molar-refractivity contribution in [3.05, 3.63) is 29.3 Å². The number of para-hydroxylation sites is 1. The van der Waals surface area contributed by atoms with Crippen molar-refractivity contribution in [2.45, 2.75) is 26.7 Å². The minimum absolute atomic E-state index is 0.961.